The van der Waals surface area contributed by atoms with Gasteiger partial charge in [-0.3, -0.25) is 4.98 Å². The summed E-state index contributed by atoms with van der Waals surface area (Å²) in [6.07, 6.45) is 1.81. The number of fused-ring (bicyclic) bond motifs is 1. The van der Waals surface area contributed by atoms with Crippen molar-refractivity contribution in [2.24, 2.45) is 0 Å². The number of rotatable bonds is 5. The van der Waals surface area contributed by atoms with Gasteiger partial charge in [0, 0.05) is 41.6 Å². The summed E-state index contributed by atoms with van der Waals surface area (Å²) in [5.41, 5.74) is 5.64. The summed E-state index contributed by atoms with van der Waals surface area (Å²) in [7, 11) is 1.97. The number of nitrogens with one attached hydrogen (secondary N) is 2. The molecule has 2 aromatic heterocycles. The molecule has 0 aliphatic carbocycles. The Balaban J connectivity index is 1.79. The Morgan fingerprint density at radius 1 is 1.16 bits per heavy atom. The minimum absolute atomic E-state index is 0.611. The van der Waals surface area contributed by atoms with Crippen molar-refractivity contribution in [1.29, 1.82) is 0 Å². The normalized spacial score (nSPS) is 10.5. The first kappa shape index (κ1) is 17.1. The minimum Gasteiger partial charge on any atom is -0.374 e. The Morgan fingerprint density at radius 2 is 2.04 bits per heavy atom. The van der Waals surface area contributed by atoms with Crippen LogP contribution in [0.4, 0.5) is 5.69 Å². The Morgan fingerprint density at radius 3 is 2.80 bits per heavy atom. The highest BCUT2D eigenvalue weighted by molar-refractivity contribution is 5.83. The van der Waals surface area contributed by atoms with Crippen molar-refractivity contribution in [2.75, 3.05) is 18.9 Å². The average Bonchev–Trinajstić information content (AvgIpc) is 2.95. The Hall–Kier alpha value is -2.77. The summed E-state index contributed by atoms with van der Waals surface area (Å²) in [5.74, 6) is 6.54. The highest BCUT2D eigenvalue weighted by atomic mass is 15.0. The van der Waals surface area contributed by atoms with Crippen LogP contribution in [-0.2, 0) is 13.1 Å². The minimum atomic E-state index is 0.611. The van der Waals surface area contributed by atoms with Crippen LogP contribution < -0.4 is 10.6 Å². The van der Waals surface area contributed by atoms with Crippen molar-refractivity contribution in [2.45, 2.75) is 26.9 Å². The maximum Gasteiger partial charge on any atom is 0.0931 e. The fraction of sp³-hybridized carbons (Fsp3) is 0.286. The molecule has 0 saturated carbocycles. The molecular weight excluding hydrogens is 308 g/mol. The zero-order chi connectivity index (χ0) is 17.6. The highest BCUT2D eigenvalue weighted by Crippen LogP contribution is 2.21. The van der Waals surface area contributed by atoms with Crippen molar-refractivity contribution >= 4 is 16.6 Å². The van der Waals surface area contributed by atoms with Crippen molar-refractivity contribution in [3.8, 4) is 11.8 Å². The summed E-state index contributed by atoms with van der Waals surface area (Å²) in [6.45, 7) is 6.54. The number of nitrogens with zero attached hydrogens (tertiary/aromatic N) is 2. The molecule has 0 radical (unpaired) electrons. The fourth-order valence-electron chi connectivity index (χ4n) is 3.02. The summed E-state index contributed by atoms with van der Waals surface area (Å²) >= 11 is 0. The number of benzene rings is 1. The molecule has 1 aromatic carbocycles. The van der Waals surface area contributed by atoms with Crippen LogP contribution in [0, 0.1) is 18.8 Å². The van der Waals surface area contributed by atoms with Gasteiger partial charge in [0.25, 0.3) is 0 Å². The molecule has 4 nitrogen and oxygen atoms in total. The summed E-state index contributed by atoms with van der Waals surface area (Å²) in [5, 5.41) is 7.77. The third-order valence-corrected chi connectivity index (χ3v) is 4.16. The maximum atomic E-state index is 4.20. The second-order valence-electron chi connectivity index (χ2n) is 6.04. The van der Waals surface area contributed by atoms with Crippen LogP contribution in [0.5, 0.6) is 0 Å². The SMILES string of the molecule is CCn1c(C#CCNc2ccnc(C)c2)cc2cc(CNC)ccc21. The second-order valence-corrected chi connectivity index (χ2v) is 6.04. The zero-order valence-corrected chi connectivity index (χ0v) is 15.1. The second kappa shape index (κ2) is 7.87. The lowest BCUT2D eigenvalue weighted by atomic mass is 10.1. The topological polar surface area (TPSA) is 41.9 Å². The first-order chi connectivity index (χ1) is 12.2. The van der Waals surface area contributed by atoms with Crippen LogP contribution in [-0.4, -0.2) is 23.1 Å². The van der Waals surface area contributed by atoms with Crippen molar-refractivity contribution < 1.29 is 0 Å². The van der Waals surface area contributed by atoms with Gasteiger partial charge in [-0.05, 0) is 62.7 Å². The van der Waals surface area contributed by atoms with E-state index < -0.39 is 0 Å². The fourth-order valence-corrected chi connectivity index (χ4v) is 3.02. The van der Waals surface area contributed by atoms with Gasteiger partial charge < -0.3 is 15.2 Å². The maximum absolute atomic E-state index is 4.20. The molecule has 0 atom stereocenters. The number of pyridine rings is 1. The molecule has 2 heterocycles. The van der Waals surface area contributed by atoms with E-state index in [1.54, 1.807) is 0 Å². The van der Waals surface area contributed by atoms with E-state index >= 15 is 0 Å². The smallest absolute Gasteiger partial charge is 0.0931 e. The van der Waals surface area contributed by atoms with E-state index in [9.17, 15) is 0 Å². The van der Waals surface area contributed by atoms with Gasteiger partial charge in [-0.2, -0.15) is 0 Å². The summed E-state index contributed by atoms with van der Waals surface area (Å²) in [6, 6.07) is 12.8. The highest BCUT2D eigenvalue weighted by Gasteiger charge is 2.06. The molecule has 128 valence electrons. The van der Waals surface area contributed by atoms with E-state index in [1.165, 1.54) is 16.5 Å². The van der Waals surface area contributed by atoms with E-state index in [0.29, 0.717) is 6.54 Å². The van der Waals surface area contributed by atoms with Crippen LogP contribution in [0.3, 0.4) is 0 Å². The zero-order valence-electron chi connectivity index (χ0n) is 15.1. The van der Waals surface area contributed by atoms with Gasteiger partial charge in [0.1, 0.15) is 0 Å². The van der Waals surface area contributed by atoms with Gasteiger partial charge in [0.15, 0.2) is 0 Å². The van der Waals surface area contributed by atoms with Crippen LogP contribution >= 0.6 is 0 Å². The number of aryl methyl sites for hydroxylation is 2. The molecule has 0 aliphatic heterocycles. The number of aromatic nitrogens is 2. The summed E-state index contributed by atoms with van der Waals surface area (Å²) < 4.78 is 2.27. The van der Waals surface area contributed by atoms with Crippen molar-refractivity contribution in [3.63, 3.8) is 0 Å². The van der Waals surface area contributed by atoms with Gasteiger partial charge >= 0.3 is 0 Å². The van der Waals surface area contributed by atoms with Crippen LogP contribution in [0.2, 0.25) is 0 Å². The molecule has 2 N–H and O–H groups in total. The van der Waals surface area contributed by atoms with Gasteiger partial charge in [0.2, 0.25) is 0 Å². The van der Waals surface area contributed by atoms with E-state index in [1.807, 2.05) is 32.3 Å². The standard InChI is InChI=1S/C21H24N4/c1-4-25-20(6-5-10-24-19-9-11-23-16(2)12-19)14-18-13-17(15-22-3)7-8-21(18)25/h7-9,11-14,22H,4,10,15H2,1-3H3,(H,23,24). The molecule has 25 heavy (non-hydrogen) atoms. The molecule has 0 spiro atoms. The van der Waals surface area contributed by atoms with E-state index in [4.69, 9.17) is 0 Å². The quantitative estimate of drug-likeness (QED) is 0.702. The first-order valence-corrected chi connectivity index (χ1v) is 8.63. The molecule has 0 bridgehead atoms. The molecule has 3 aromatic rings. The molecule has 0 fully saturated rings. The molecule has 4 heteroatoms. The largest absolute Gasteiger partial charge is 0.374 e. The number of hydrogen-bond acceptors (Lipinski definition) is 3. The molecule has 0 unspecified atom stereocenters. The van der Waals surface area contributed by atoms with E-state index in [0.717, 1.165) is 30.2 Å². The predicted molar refractivity (Wildman–Crippen MR) is 105 cm³/mol. The number of anilines is 1. The molecule has 0 aliphatic rings. The van der Waals surface area contributed by atoms with Crippen LogP contribution in [0.1, 0.15) is 23.9 Å². The lowest BCUT2D eigenvalue weighted by Crippen LogP contribution is -2.04. The molecule has 0 amide bonds. The summed E-state index contributed by atoms with van der Waals surface area (Å²) in [4.78, 5) is 4.20. The Kier molecular flexibility index (Phi) is 5.37. The van der Waals surface area contributed by atoms with Gasteiger partial charge in [-0.1, -0.05) is 12.0 Å². The molecule has 3 rings (SSSR count). The first-order valence-electron chi connectivity index (χ1n) is 8.63. The van der Waals surface area contributed by atoms with Gasteiger partial charge in [-0.25, -0.2) is 0 Å². The Bertz CT molecular complexity index is 928. The van der Waals surface area contributed by atoms with Crippen molar-refractivity contribution in [3.05, 3.63) is 59.5 Å². The van der Waals surface area contributed by atoms with Gasteiger partial charge in [0.05, 0.1) is 12.2 Å². The predicted octanol–water partition coefficient (Wildman–Crippen LogP) is 3.55. The third-order valence-electron chi connectivity index (χ3n) is 4.16. The van der Waals surface area contributed by atoms with Crippen molar-refractivity contribution in [1.82, 2.24) is 14.9 Å². The number of hydrogen-bond donors (Lipinski definition) is 2. The lowest BCUT2D eigenvalue weighted by Gasteiger charge is -2.05. The lowest BCUT2D eigenvalue weighted by molar-refractivity contribution is 0.786. The average molecular weight is 332 g/mol. The Labute approximate surface area is 149 Å². The molecular formula is C21H24N4. The monoisotopic (exact) mass is 332 g/mol. The van der Waals surface area contributed by atoms with Gasteiger partial charge in [-0.15, -0.1) is 0 Å². The van der Waals surface area contributed by atoms with E-state index in [-0.39, 0.29) is 0 Å². The molecule has 0 saturated heterocycles. The van der Waals surface area contributed by atoms with Crippen LogP contribution in [0.15, 0.2) is 42.6 Å². The van der Waals surface area contributed by atoms with E-state index in [2.05, 4.69) is 63.2 Å². The third kappa shape index (κ3) is 4.01. The van der Waals surface area contributed by atoms with Crippen LogP contribution in [0.25, 0.3) is 10.9 Å².